The maximum Gasteiger partial charge on any atom is 0.0763 e. The van der Waals surface area contributed by atoms with Crippen molar-refractivity contribution in [3.05, 3.63) is 61.8 Å². The average Bonchev–Trinajstić information content (AvgIpc) is 2.39. The third-order valence-electron chi connectivity index (χ3n) is 2.95. The summed E-state index contributed by atoms with van der Waals surface area (Å²) in [7, 11) is 1.85. The van der Waals surface area contributed by atoms with Crippen LogP contribution < -0.4 is 5.32 Å². The molecule has 0 radical (unpaired) electrons. The Bertz CT molecular complexity index is 616. The number of halogens is 4. The molecule has 1 aromatic heterocycles. The Morgan fingerprint density at radius 3 is 2.35 bits per heavy atom. The minimum absolute atomic E-state index is 0.0570. The minimum atomic E-state index is -0.0570. The highest BCUT2D eigenvalue weighted by Gasteiger charge is 2.17. The number of hydrogen-bond donors (Lipinski definition) is 1. The predicted molar refractivity (Wildman–Crippen MR) is 86.2 cm³/mol. The Kier molecular flexibility index (Phi) is 5.53. The number of rotatable bonds is 4. The lowest BCUT2D eigenvalue weighted by Gasteiger charge is -2.18. The Balaban J connectivity index is 2.28. The average molecular weight is 350 g/mol. The number of benzene rings is 1. The van der Waals surface area contributed by atoms with Gasteiger partial charge in [-0.1, -0.05) is 52.5 Å². The molecule has 0 aliphatic heterocycles. The maximum atomic E-state index is 6.20. The number of aromatic nitrogens is 1. The fourth-order valence-electron chi connectivity index (χ4n) is 1.92. The van der Waals surface area contributed by atoms with Crippen LogP contribution in [0.1, 0.15) is 17.3 Å². The Labute approximate surface area is 138 Å². The summed E-state index contributed by atoms with van der Waals surface area (Å²) in [6, 6.07) is 7.06. The summed E-state index contributed by atoms with van der Waals surface area (Å²) in [6.07, 6.45) is 2.23. The van der Waals surface area contributed by atoms with Crippen LogP contribution in [0.15, 0.2) is 30.5 Å². The molecule has 0 amide bonds. The van der Waals surface area contributed by atoms with Crippen LogP contribution >= 0.6 is 46.4 Å². The van der Waals surface area contributed by atoms with Crippen molar-refractivity contribution >= 4 is 46.4 Å². The summed E-state index contributed by atoms with van der Waals surface area (Å²) in [5.74, 6) is 0. The van der Waals surface area contributed by atoms with E-state index in [1.54, 1.807) is 18.3 Å². The van der Waals surface area contributed by atoms with Gasteiger partial charge in [0.1, 0.15) is 0 Å². The molecule has 0 saturated carbocycles. The third-order valence-corrected chi connectivity index (χ3v) is 4.05. The molecule has 0 fully saturated rings. The van der Waals surface area contributed by atoms with Crippen LogP contribution in [0.5, 0.6) is 0 Å². The van der Waals surface area contributed by atoms with Crippen LogP contribution in [-0.4, -0.2) is 12.0 Å². The SMILES string of the molecule is CNC(Cc1ccc(Cl)cc1Cl)c1ncc(Cl)cc1Cl. The molecular weight excluding hydrogens is 338 g/mol. The number of nitrogens with one attached hydrogen (secondary N) is 1. The van der Waals surface area contributed by atoms with Gasteiger partial charge in [0.15, 0.2) is 0 Å². The standard InChI is InChI=1S/C14H12Cl4N2/c1-19-13(14-12(18)6-10(16)7-20-14)4-8-2-3-9(15)5-11(8)17/h2-3,5-7,13,19H,4H2,1H3. The van der Waals surface area contributed by atoms with E-state index >= 15 is 0 Å². The first-order valence-electron chi connectivity index (χ1n) is 5.93. The van der Waals surface area contributed by atoms with Crippen molar-refractivity contribution in [3.8, 4) is 0 Å². The first-order chi connectivity index (χ1) is 9.51. The zero-order valence-corrected chi connectivity index (χ0v) is 13.7. The maximum absolute atomic E-state index is 6.20. The van der Waals surface area contributed by atoms with Crippen molar-refractivity contribution in [2.45, 2.75) is 12.5 Å². The van der Waals surface area contributed by atoms with E-state index in [9.17, 15) is 0 Å². The van der Waals surface area contributed by atoms with Crippen LogP contribution in [0.4, 0.5) is 0 Å². The number of pyridine rings is 1. The molecule has 106 valence electrons. The molecule has 0 bridgehead atoms. The fourth-order valence-corrected chi connectivity index (χ4v) is 2.92. The molecule has 1 heterocycles. The normalized spacial score (nSPS) is 12.4. The fraction of sp³-hybridized carbons (Fsp3) is 0.214. The van der Waals surface area contributed by atoms with Crippen molar-refractivity contribution in [1.82, 2.24) is 10.3 Å². The third kappa shape index (κ3) is 3.78. The lowest BCUT2D eigenvalue weighted by Crippen LogP contribution is -2.20. The van der Waals surface area contributed by atoms with Gasteiger partial charge in [-0.25, -0.2) is 0 Å². The topological polar surface area (TPSA) is 24.9 Å². The first kappa shape index (κ1) is 15.9. The van der Waals surface area contributed by atoms with E-state index in [2.05, 4.69) is 10.3 Å². The van der Waals surface area contributed by atoms with E-state index in [1.165, 1.54) is 0 Å². The molecule has 1 unspecified atom stereocenters. The van der Waals surface area contributed by atoms with E-state index < -0.39 is 0 Å². The predicted octanol–water partition coefficient (Wildman–Crippen LogP) is 5.20. The molecule has 0 spiro atoms. The van der Waals surface area contributed by atoms with Crippen molar-refractivity contribution in [3.63, 3.8) is 0 Å². The van der Waals surface area contributed by atoms with Gasteiger partial charge in [0.2, 0.25) is 0 Å². The monoisotopic (exact) mass is 348 g/mol. The summed E-state index contributed by atoms with van der Waals surface area (Å²) >= 11 is 24.2. The van der Waals surface area contributed by atoms with Gasteiger partial charge in [0.05, 0.1) is 21.8 Å². The summed E-state index contributed by atoms with van der Waals surface area (Å²) in [6.45, 7) is 0. The van der Waals surface area contributed by atoms with E-state index in [0.29, 0.717) is 26.5 Å². The van der Waals surface area contributed by atoms with Crippen LogP contribution in [0.25, 0.3) is 0 Å². The number of nitrogens with zero attached hydrogens (tertiary/aromatic N) is 1. The summed E-state index contributed by atoms with van der Waals surface area (Å²) in [5.41, 5.74) is 1.72. The molecule has 1 aromatic carbocycles. The van der Waals surface area contributed by atoms with Crippen LogP contribution in [0.2, 0.25) is 20.1 Å². The van der Waals surface area contributed by atoms with Gasteiger partial charge in [-0.15, -0.1) is 0 Å². The second kappa shape index (κ2) is 6.97. The van der Waals surface area contributed by atoms with Gasteiger partial charge < -0.3 is 5.32 Å². The molecule has 0 aliphatic rings. The zero-order chi connectivity index (χ0) is 14.7. The second-order valence-electron chi connectivity index (χ2n) is 4.30. The van der Waals surface area contributed by atoms with E-state index in [4.69, 9.17) is 46.4 Å². The summed E-state index contributed by atoms with van der Waals surface area (Å²) in [4.78, 5) is 4.30. The molecular formula is C14H12Cl4N2. The molecule has 1 N–H and O–H groups in total. The summed E-state index contributed by atoms with van der Waals surface area (Å²) in [5, 5.41) is 5.47. The van der Waals surface area contributed by atoms with Crippen molar-refractivity contribution in [1.29, 1.82) is 0 Å². The molecule has 2 rings (SSSR count). The van der Waals surface area contributed by atoms with Crippen LogP contribution in [-0.2, 0) is 6.42 Å². The van der Waals surface area contributed by atoms with Crippen LogP contribution in [0.3, 0.4) is 0 Å². The van der Waals surface area contributed by atoms with Crippen molar-refractivity contribution in [2.75, 3.05) is 7.05 Å². The molecule has 0 aliphatic carbocycles. The zero-order valence-electron chi connectivity index (χ0n) is 10.6. The molecule has 2 aromatic rings. The second-order valence-corrected chi connectivity index (χ2v) is 5.99. The highest BCUT2D eigenvalue weighted by atomic mass is 35.5. The first-order valence-corrected chi connectivity index (χ1v) is 7.44. The Hall–Kier alpha value is -0.510. The largest absolute Gasteiger partial charge is 0.311 e. The van der Waals surface area contributed by atoms with Gasteiger partial charge in [0, 0.05) is 16.2 Å². The van der Waals surface area contributed by atoms with E-state index in [1.807, 2.05) is 19.2 Å². The molecule has 2 nitrogen and oxygen atoms in total. The Morgan fingerprint density at radius 1 is 1.05 bits per heavy atom. The smallest absolute Gasteiger partial charge is 0.0763 e. The highest BCUT2D eigenvalue weighted by Crippen LogP contribution is 2.29. The van der Waals surface area contributed by atoms with Crippen molar-refractivity contribution < 1.29 is 0 Å². The number of hydrogen-bond acceptors (Lipinski definition) is 2. The van der Waals surface area contributed by atoms with Gasteiger partial charge in [0.25, 0.3) is 0 Å². The highest BCUT2D eigenvalue weighted by molar-refractivity contribution is 6.35. The van der Waals surface area contributed by atoms with Crippen molar-refractivity contribution in [2.24, 2.45) is 0 Å². The van der Waals surface area contributed by atoms with E-state index in [-0.39, 0.29) is 6.04 Å². The van der Waals surface area contributed by atoms with Gasteiger partial charge in [-0.3, -0.25) is 4.98 Å². The quantitative estimate of drug-likeness (QED) is 0.820. The van der Waals surface area contributed by atoms with E-state index in [0.717, 1.165) is 11.3 Å². The minimum Gasteiger partial charge on any atom is -0.311 e. The Morgan fingerprint density at radius 2 is 1.75 bits per heavy atom. The molecule has 6 heteroatoms. The van der Waals surface area contributed by atoms with Crippen LogP contribution in [0, 0.1) is 0 Å². The lowest BCUT2D eigenvalue weighted by molar-refractivity contribution is 0.576. The van der Waals surface area contributed by atoms with Gasteiger partial charge in [-0.05, 0) is 37.2 Å². The van der Waals surface area contributed by atoms with Gasteiger partial charge in [-0.2, -0.15) is 0 Å². The van der Waals surface area contributed by atoms with Gasteiger partial charge >= 0.3 is 0 Å². The lowest BCUT2D eigenvalue weighted by atomic mass is 10.0. The summed E-state index contributed by atoms with van der Waals surface area (Å²) < 4.78 is 0. The number of likely N-dealkylation sites (N-methyl/N-ethyl adjacent to an activating group) is 1. The molecule has 1 atom stereocenters. The molecule has 0 saturated heterocycles. The molecule has 20 heavy (non-hydrogen) atoms.